The third-order valence-electron chi connectivity index (χ3n) is 15.2. The van der Waals surface area contributed by atoms with Crippen molar-refractivity contribution < 1.29 is 0 Å². The molecule has 1 heteroatoms. The van der Waals surface area contributed by atoms with Crippen LogP contribution in [0, 0.1) is 11.8 Å². The summed E-state index contributed by atoms with van der Waals surface area (Å²) in [5.74, 6) is 1.53. The lowest BCUT2D eigenvalue weighted by atomic mass is 9.67. The first-order chi connectivity index (χ1) is 27.3. The second-order valence-electron chi connectivity index (χ2n) is 18.5. The molecule has 3 atom stereocenters. The van der Waals surface area contributed by atoms with E-state index in [1.54, 1.807) is 11.1 Å². The molecule has 2 saturated carbocycles. The van der Waals surface area contributed by atoms with Gasteiger partial charge in [-0.15, -0.1) is 0 Å². The molecule has 0 heterocycles. The highest BCUT2D eigenvalue weighted by atomic mass is 15.1. The van der Waals surface area contributed by atoms with Crippen LogP contribution in [0.2, 0.25) is 0 Å². The van der Waals surface area contributed by atoms with E-state index in [4.69, 9.17) is 0 Å². The Bertz CT molecular complexity index is 2800. The molecule has 1 spiro atoms. The highest BCUT2D eigenvalue weighted by molar-refractivity contribution is 5.99. The number of fused-ring (bicyclic) bond motifs is 14. The summed E-state index contributed by atoms with van der Waals surface area (Å²) >= 11 is 0. The van der Waals surface area contributed by atoms with E-state index in [1.165, 1.54) is 110 Å². The lowest BCUT2D eigenvalue weighted by Gasteiger charge is -2.37. The Hall–Kier alpha value is -5.66. The second kappa shape index (κ2) is 11.2. The third kappa shape index (κ3) is 4.11. The highest BCUT2D eigenvalue weighted by Gasteiger charge is 2.56. The van der Waals surface area contributed by atoms with Crippen LogP contribution in [0.25, 0.3) is 44.5 Å². The molecular weight excluding hydrogens is 675 g/mol. The van der Waals surface area contributed by atoms with Crippen LogP contribution in [0.5, 0.6) is 0 Å². The van der Waals surface area contributed by atoms with Crippen molar-refractivity contribution in [3.8, 4) is 44.5 Å². The molecule has 3 unspecified atom stereocenters. The highest BCUT2D eigenvalue weighted by Crippen LogP contribution is 2.66. The number of para-hydroxylation sites is 1. The summed E-state index contributed by atoms with van der Waals surface area (Å²) in [5, 5.41) is 0. The van der Waals surface area contributed by atoms with E-state index in [2.05, 4.69) is 184 Å². The summed E-state index contributed by atoms with van der Waals surface area (Å²) < 4.78 is 0. The molecule has 5 aliphatic carbocycles. The zero-order valence-electron chi connectivity index (χ0n) is 32.9. The van der Waals surface area contributed by atoms with E-state index in [0.29, 0.717) is 5.92 Å². The van der Waals surface area contributed by atoms with E-state index >= 15 is 0 Å². The van der Waals surface area contributed by atoms with Crippen LogP contribution in [0.15, 0.2) is 152 Å². The van der Waals surface area contributed by atoms with Gasteiger partial charge in [-0.2, -0.15) is 0 Å². The fourth-order valence-corrected chi connectivity index (χ4v) is 12.7. The van der Waals surface area contributed by atoms with Crippen molar-refractivity contribution in [1.82, 2.24) is 0 Å². The molecule has 0 aromatic heterocycles. The fourth-order valence-electron chi connectivity index (χ4n) is 12.7. The largest absolute Gasteiger partial charge is 0.310 e. The summed E-state index contributed by atoms with van der Waals surface area (Å²) in [5.41, 5.74) is 23.3. The number of rotatable bonds is 4. The lowest BCUT2D eigenvalue weighted by Crippen LogP contribution is -2.32. The van der Waals surface area contributed by atoms with Crippen molar-refractivity contribution in [2.75, 3.05) is 4.90 Å². The van der Waals surface area contributed by atoms with Gasteiger partial charge in [0, 0.05) is 33.2 Å². The van der Waals surface area contributed by atoms with Crippen molar-refractivity contribution in [3.63, 3.8) is 0 Å². The van der Waals surface area contributed by atoms with Crippen LogP contribution in [0.3, 0.4) is 0 Å². The first-order valence-electron chi connectivity index (χ1n) is 20.9. The maximum atomic E-state index is 2.62. The van der Waals surface area contributed by atoms with Crippen LogP contribution in [-0.4, -0.2) is 0 Å². The third-order valence-corrected chi connectivity index (χ3v) is 15.2. The lowest BCUT2D eigenvalue weighted by molar-refractivity contribution is 0.327. The Balaban J connectivity index is 1.11. The van der Waals surface area contributed by atoms with Gasteiger partial charge in [0.2, 0.25) is 0 Å². The van der Waals surface area contributed by atoms with Crippen LogP contribution >= 0.6 is 0 Å². The van der Waals surface area contributed by atoms with Gasteiger partial charge in [-0.1, -0.05) is 155 Å². The van der Waals surface area contributed by atoms with Crippen LogP contribution in [-0.2, 0) is 16.2 Å². The van der Waals surface area contributed by atoms with Gasteiger partial charge < -0.3 is 4.90 Å². The molecule has 12 rings (SSSR count). The number of nitrogens with zero attached hydrogens (tertiary/aromatic N) is 1. The standard InChI is InChI=1S/C55H47N/c1-53(2)45-19-9-5-15-39(45)44-31-36(27-29-47(44)53)56(37-26-28-40-38-14-6-11-21-48(38)55(50(40)32-37)33-34-24-25-35(55)30-34)51-23-12-8-16-41(51)42-18-13-22-49-52(42)43-17-7-10-20-46(43)54(49,3)4/h5-23,26-29,31-32,34-35H,24-25,30,33H2,1-4H3. The molecule has 5 aliphatic rings. The van der Waals surface area contributed by atoms with E-state index in [9.17, 15) is 0 Å². The minimum atomic E-state index is -0.0687. The van der Waals surface area contributed by atoms with Gasteiger partial charge in [0.05, 0.1) is 5.69 Å². The monoisotopic (exact) mass is 721 g/mol. The molecule has 7 aromatic carbocycles. The molecule has 0 amide bonds. The predicted molar refractivity (Wildman–Crippen MR) is 233 cm³/mol. The first kappa shape index (κ1) is 32.6. The number of anilines is 3. The van der Waals surface area contributed by atoms with Gasteiger partial charge in [-0.3, -0.25) is 0 Å². The second-order valence-corrected chi connectivity index (χ2v) is 18.5. The zero-order chi connectivity index (χ0) is 37.6. The van der Waals surface area contributed by atoms with Gasteiger partial charge in [0.25, 0.3) is 0 Å². The molecular formula is C55H47N. The minimum Gasteiger partial charge on any atom is -0.310 e. The van der Waals surface area contributed by atoms with Crippen LogP contribution < -0.4 is 4.90 Å². The van der Waals surface area contributed by atoms with E-state index in [-0.39, 0.29) is 16.2 Å². The van der Waals surface area contributed by atoms with Crippen molar-refractivity contribution >= 4 is 17.1 Å². The zero-order valence-corrected chi connectivity index (χ0v) is 32.9. The summed E-state index contributed by atoms with van der Waals surface area (Å²) in [6.07, 6.45) is 5.36. The summed E-state index contributed by atoms with van der Waals surface area (Å²) in [6, 6.07) is 58.4. The molecule has 2 bridgehead atoms. The van der Waals surface area contributed by atoms with Gasteiger partial charge in [0.1, 0.15) is 0 Å². The quantitative estimate of drug-likeness (QED) is 0.175. The predicted octanol–water partition coefficient (Wildman–Crippen LogP) is 14.5. The van der Waals surface area contributed by atoms with Gasteiger partial charge in [-0.05, 0) is 134 Å². The Kier molecular flexibility index (Phi) is 6.53. The van der Waals surface area contributed by atoms with Crippen molar-refractivity contribution in [2.24, 2.45) is 11.8 Å². The topological polar surface area (TPSA) is 3.24 Å². The molecule has 2 fully saturated rings. The Morgan fingerprint density at radius 3 is 1.73 bits per heavy atom. The van der Waals surface area contributed by atoms with Crippen molar-refractivity contribution in [2.45, 2.75) is 69.6 Å². The smallest absolute Gasteiger partial charge is 0.0540 e. The summed E-state index contributed by atoms with van der Waals surface area (Å²) in [6.45, 7) is 9.54. The summed E-state index contributed by atoms with van der Waals surface area (Å²) in [7, 11) is 0. The Morgan fingerprint density at radius 2 is 0.982 bits per heavy atom. The maximum absolute atomic E-state index is 2.62. The van der Waals surface area contributed by atoms with Crippen molar-refractivity contribution in [3.05, 3.63) is 185 Å². The Labute approximate surface area is 331 Å². The molecule has 272 valence electrons. The van der Waals surface area contributed by atoms with Gasteiger partial charge in [-0.25, -0.2) is 0 Å². The van der Waals surface area contributed by atoms with E-state index < -0.39 is 0 Å². The normalized spacial score (nSPS) is 22.0. The van der Waals surface area contributed by atoms with Crippen LogP contribution in [0.1, 0.15) is 86.8 Å². The Morgan fingerprint density at radius 1 is 0.429 bits per heavy atom. The number of hydrogen-bond acceptors (Lipinski definition) is 1. The average Bonchev–Trinajstić information content (AvgIpc) is 4.02. The number of benzene rings is 7. The van der Waals surface area contributed by atoms with Crippen LogP contribution in [0.4, 0.5) is 17.1 Å². The minimum absolute atomic E-state index is 0.0501. The summed E-state index contributed by atoms with van der Waals surface area (Å²) in [4.78, 5) is 2.60. The molecule has 0 radical (unpaired) electrons. The average molecular weight is 722 g/mol. The maximum Gasteiger partial charge on any atom is 0.0540 e. The molecule has 0 aliphatic heterocycles. The molecule has 0 N–H and O–H groups in total. The van der Waals surface area contributed by atoms with E-state index in [1.807, 2.05) is 0 Å². The van der Waals surface area contributed by atoms with Gasteiger partial charge in [0.15, 0.2) is 0 Å². The molecule has 1 nitrogen and oxygen atoms in total. The first-order valence-corrected chi connectivity index (χ1v) is 20.9. The molecule has 56 heavy (non-hydrogen) atoms. The van der Waals surface area contributed by atoms with Gasteiger partial charge >= 0.3 is 0 Å². The fraction of sp³-hybridized carbons (Fsp3) is 0.236. The van der Waals surface area contributed by atoms with E-state index in [0.717, 1.165) is 5.92 Å². The van der Waals surface area contributed by atoms with Crippen molar-refractivity contribution in [1.29, 1.82) is 0 Å². The number of hydrogen-bond donors (Lipinski definition) is 0. The SMILES string of the molecule is CC1(C)c2ccccc2-c2cc(N(c3ccc4c(c3)C3(CC5CCC3C5)c3ccccc3-4)c3ccccc3-c3cccc4c3-c3ccccc3C4(C)C)ccc21. The molecule has 7 aromatic rings. The molecule has 0 saturated heterocycles.